The first kappa shape index (κ1) is 19.7. The Morgan fingerprint density at radius 1 is 1.11 bits per heavy atom. The quantitative estimate of drug-likeness (QED) is 0.452. The molecule has 0 bridgehead atoms. The first-order valence-electron chi connectivity index (χ1n) is 8.32. The molecule has 1 heterocycles. The Hall–Kier alpha value is -2.08. The minimum absolute atomic E-state index is 0.322. The highest BCUT2D eigenvalue weighted by Crippen LogP contribution is 2.27. The Bertz CT molecular complexity index is 925. The highest BCUT2D eigenvalue weighted by atomic mass is 35.5. The van der Waals surface area contributed by atoms with E-state index in [0.717, 1.165) is 21.9 Å². The number of ether oxygens (including phenoxy) is 2. The van der Waals surface area contributed by atoms with E-state index in [9.17, 15) is 4.79 Å². The molecule has 3 aromatic rings. The van der Waals surface area contributed by atoms with E-state index in [1.807, 2.05) is 36.4 Å². The second kappa shape index (κ2) is 9.22. The Labute approximate surface area is 171 Å². The zero-order chi connectivity index (χ0) is 19.2. The number of carbonyl (C=O) groups excluding carboxylic acids is 1. The van der Waals surface area contributed by atoms with Gasteiger partial charge >= 0.3 is 5.97 Å². The molecule has 0 aliphatic rings. The van der Waals surface area contributed by atoms with Gasteiger partial charge < -0.3 is 9.47 Å². The lowest BCUT2D eigenvalue weighted by atomic mass is 10.1. The van der Waals surface area contributed by atoms with Crippen LogP contribution in [0.3, 0.4) is 0 Å². The molecule has 7 heteroatoms. The number of benzene rings is 2. The number of aromatic nitrogens is 1. The molecule has 0 amide bonds. The molecule has 1 aromatic heterocycles. The maximum absolute atomic E-state index is 11.8. The van der Waals surface area contributed by atoms with Crippen molar-refractivity contribution in [1.82, 2.24) is 4.98 Å². The van der Waals surface area contributed by atoms with Crippen LogP contribution in [0.15, 0.2) is 47.8 Å². The van der Waals surface area contributed by atoms with Crippen molar-refractivity contribution in [3.63, 3.8) is 0 Å². The molecule has 27 heavy (non-hydrogen) atoms. The number of rotatable bonds is 7. The third-order valence-electron chi connectivity index (χ3n) is 3.71. The minimum Gasteiger partial charge on any atom is -0.489 e. The second-order valence-corrected chi connectivity index (χ2v) is 7.51. The average molecular weight is 422 g/mol. The molecule has 0 atom stereocenters. The van der Waals surface area contributed by atoms with Crippen LogP contribution >= 0.6 is 34.5 Å². The average Bonchev–Trinajstić information content (AvgIpc) is 3.11. The van der Waals surface area contributed by atoms with E-state index in [2.05, 4.69) is 4.98 Å². The third kappa shape index (κ3) is 5.45. The number of hydrogen-bond acceptors (Lipinski definition) is 5. The number of thiazole rings is 1. The van der Waals surface area contributed by atoms with Crippen molar-refractivity contribution in [2.45, 2.75) is 20.0 Å². The van der Waals surface area contributed by atoms with E-state index >= 15 is 0 Å². The second-order valence-electron chi connectivity index (χ2n) is 5.69. The van der Waals surface area contributed by atoms with Crippen molar-refractivity contribution >= 4 is 40.5 Å². The molecule has 4 nitrogen and oxygen atoms in total. The Morgan fingerprint density at radius 2 is 1.85 bits per heavy atom. The molecule has 0 spiro atoms. The van der Waals surface area contributed by atoms with Crippen LogP contribution in [0.25, 0.3) is 0 Å². The zero-order valence-electron chi connectivity index (χ0n) is 14.6. The molecule has 0 aliphatic heterocycles. The van der Waals surface area contributed by atoms with E-state index in [0.29, 0.717) is 35.4 Å². The van der Waals surface area contributed by atoms with Gasteiger partial charge in [0, 0.05) is 27.4 Å². The van der Waals surface area contributed by atoms with Crippen molar-refractivity contribution in [3.05, 3.63) is 79.7 Å². The molecule has 0 radical (unpaired) electrons. The first-order chi connectivity index (χ1) is 13.0. The summed E-state index contributed by atoms with van der Waals surface area (Å²) in [6.45, 7) is 2.50. The van der Waals surface area contributed by atoms with E-state index in [4.69, 9.17) is 32.7 Å². The summed E-state index contributed by atoms with van der Waals surface area (Å²) in [6, 6.07) is 13.0. The molecule has 0 unspecified atom stereocenters. The molecule has 2 aromatic carbocycles. The van der Waals surface area contributed by atoms with Crippen LogP contribution in [0, 0.1) is 0 Å². The van der Waals surface area contributed by atoms with Crippen LogP contribution in [0.4, 0.5) is 0 Å². The first-order valence-corrected chi connectivity index (χ1v) is 9.96. The summed E-state index contributed by atoms with van der Waals surface area (Å²) in [6.07, 6.45) is 0.514. The molecule has 0 saturated heterocycles. The van der Waals surface area contributed by atoms with Gasteiger partial charge in [0.25, 0.3) is 0 Å². The van der Waals surface area contributed by atoms with Crippen molar-refractivity contribution in [1.29, 1.82) is 0 Å². The summed E-state index contributed by atoms with van der Waals surface area (Å²) in [4.78, 5) is 16.1. The molecule has 0 fully saturated rings. The maximum atomic E-state index is 11.8. The molecular formula is C20H17Cl2NO3S. The Kier molecular flexibility index (Phi) is 6.72. The molecule has 0 saturated carbocycles. The van der Waals surface area contributed by atoms with Crippen LogP contribution in [-0.2, 0) is 17.8 Å². The van der Waals surface area contributed by atoms with Crippen molar-refractivity contribution in [3.8, 4) is 5.75 Å². The van der Waals surface area contributed by atoms with E-state index in [1.165, 1.54) is 11.3 Å². The fourth-order valence-corrected chi connectivity index (χ4v) is 3.53. The summed E-state index contributed by atoms with van der Waals surface area (Å²) >= 11 is 13.5. The van der Waals surface area contributed by atoms with Gasteiger partial charge in [-0.15, -0.1) is 11.3 Å². The maximum Gasteiger partial charge on any atom is 0.357 e. The summed E-state index contributed by atoms with van der Waals surface area (Å²) in [5.74, 6) is 0.313. The summed E-state index contributed by atoms with van der Waals surface area (Å²) in [5, 5.41) is 3.79. The van der Waals surface area contributed by atoms with Gasteiger partial charge in [0.2, 0.25) is 0 Å². The molecule has 0 aliphatic carbocycles. The number of halogens is 2. The predicted molar refractivity (Wildman–Crippen MR) is 108 cm³/mol. The molecular weight excluding hydrogens is 405 g/mol. The van der Waals surface area contributed by atoms with Crippen molar-refractivity contribution in [2.24, 2.45) is 0 Å². The lowest BCUT2D eigenvalue weighted by Crippen LogP contribution is -2.05. The Balaban J connectivity index is 1.74. The fraction of sp³-hybridized carbons (Fsp3) is 0.200. The van der Waals surface area contributed by atoms with E-state index in [-0.39, 0.29) is 0 Å². The van der Waals surface area contributed by atoms with Crippen LogP contribution in [0.2, 0.25) is 10.0 Å². The molecule has 0 N–H and O–H groups in total. The fourth-order valence-electron chi connectivity index (χ4n) is 2.42. The summed E-state index contributed by atoms with van der Waals surface area (Å²) < 4.78 is 10.9. The summed E-state index contributed by atoms with van der Waals surface area (Å²) in [5.41, 5.74) is 2.24. The largest absolute Gasteiger partial charge is 0.489 e. The number of nitrogens with zero attached hydrogens (tertiary/aromatic N) is 1. The number of esters is 1. The minimum atomic E-state index is -0.412. The monoisotopic (exact) mass is 421 g/mol. The molecule has 140 valence electrons. The highest BCUT2D eigenvalue weighted by Gasteiger charge is 2.14. The standard InChI is InChI=1S/C20H17Cl2NO3S/c1-2-25-20(24)17-12-27-19(23-17)10-14-9-16(22)7-8-18(14)26-11-13-3-5-15(21)6-4-13/h3-9,12H,2,10-11H2,1H3. The van der Waals surface area contributed by atoms with Gasteiger partial charge in [0.05, 0.1) is 11.6 Å². The van der Waals surface area contributed by atoms with Gasteiger partial charge in [-0.2, -0.15) is 0 Å². The van der Waals surface area contributed by atoms with Crippen LogP contribution < -0.4 is 4.74 Å². The van der Waals surface area contributed by atoms with Gasteiger partial charge in [-0.3, -0.25) is 0 Å². The molecule has 3 rings (SSSR count). The van der Waals surface area contributed by atoms with Gasteiger partial charge in [0.1, 0.15) is 12.4 Å². The highest BCUT2D eigenvalue weighted by molar-refractivity contribution is 7.09. The zero-order valence-corrected chi connectivity index (χ0v) is 16.9. The number of hydrogen-bond donors (Lipinski definition) is 0. The van der Waals surface area contributed by atoms with Gasteiger partial charge in [-0.1, -0.05) is 35.3 Å². The van der Waals surface area contributed by atoms with Crippen LogP contribution in [-0.4, -0.2) is 17.6 Å². The predicted octanol–water partition coefficient (Wildman–Crippen LogP) is 5.80. The van der Waals surface area contributed by atoms with Gasteiger partial charge in [-0.25, -0.2) is 9.78 Å². The smallest absolute Gasteiger partial charge is 0.357 e. The normalized spacial score (nSPS) is 10.6. The van der Waals surface area contributed by atoms with Gasteiger partial charge in [0.15, 0.2) is 5.69 Å². The number of carbonyl (C=O) groups is 1. The summed E-state index contributed by atoms with van der Waals surface area (Å²) in [7, 11) is 0. The van der Waals surface area contributed by atoms with Gasteiger partial charge in [-0.05, 0) is 42.8 Å². The third-order valence-corrected chi connectivity index (χ3v) is 5.04. The SMILES string of the molecule is CCOC(=O)c1csc(Cc2cc(Cl)ccc2OCc2ccc(Cl)cc2)n1. The topological polar surface area (TPSA) is 48.4 Å². The van der Waals surface area contributed by atoms with Crippen LogP contribution in [0.1, 0.15) is 33.5 Å². The lowest BCUT2D eigenvalue weighted by Gasteiger charge is -2.11. The lowest BCUT2D eigenvalue weighted by molar-refractivity contribution is 0.0520. The van der Waals surface area contributed by atoms with Crippen LogP contribution in [0.5, 0.6) is 5.75 Å². The van der Waals surface area contributed by atoms with Crippen molar-refractivity contribution in [2.75, 3.05) is 6.61 Å². The van der Waals surface area contributed by atoms with Crippen molar-refractivity contribution < 1.29 is 14.3 Å². The van der Waals surface area contributed by atoms with E-state index < -0.39 is 5.97 Å². The van der Waals surface area contributed by atoms with E-state index in [1.54, 1.807) is 18.4 Å². The Morgan fingerprint density at radius 3 is 2.59 bits per heavy atom.